The average molecular weight is 270 g/mol. The third-order valence-electron chi connectivity index (χ3n) is 2.27. The zero-order valence-electron chi connectivity index (χ0n) is 9.44. The molecule has 0 bridgehead atoms. The second-order valence-electron chi connectivity index (χ2n) is 3.75. The number of benzene rings is 1. The van der Waals surface area contributed by atoms with Gasteiger partial charge < -0.3 is 5.73 Å². The van der Waals surface area contributed by atoms with Crippen LogP contribution in [0.2, 0.25) is 0 Å². The number of nitrogens with two attached hydrogens (primary N) is 1. The number of halogens is 1. The quantitative estimate of drug-likeness (QED) is 0.730. The highest BCUT2D eigenvalue weighted by Gasteiger charge is 2.17. The fraction of sp³-hybridized carbons (Fsp3) is 0.100. The molecular weight excluding hydrogens is 259 g/mol. The molecule has 4 N–H and O–H groups in total. The molecule has 0 unspecified atom stereocenters. The first-order chi connectivity index (χ1) is 8.38. The Morgan fingerprint density at radius 1 is 1.39 bits per heavy atom. The van der Waals surface area contributed by atoms with Crippen LogP contribution in [0.1, 0.15) is 5.56 Å². The number of nitrogens with zero attached hydrogens (tertiary/aromatic N) is 1. The number of aryl methyl sites for hydroxylation is 1. The molecule has 0 spiro atoms. The molecule has 6 nitrogen and oxygen atoms in total. The van der Waals surface area contributed by atoms with E-state index in [0.29, 0.717) is 5.56 Å². The number of nitrogens with one attached hydrogen (secondary N) is 2. The number of nitrogen functional groups attached to an aromatic ring is 1. The molecule has 2 aromatic rings. The second kappa shape index (κ2) is 4.30. The topological polar surface area (TPSA) is 101 Å². The summed E-state index contributed by atoms with van der Waals surface area (Å²) in [6, 6.07) is 3.11. The third kappa shape index (κ3) is 2.43. The molecule has 0 amide bonds. The Bertz CT molecular complexity index is 661. The number of hydrogen-bond acceptors (Lipinski definition) is 4. The molecule has 1 aromatic heterocycles. The summed E-state index contributed by atoms with van der Waals surface area (Å²) in [6.45, 7) is 1.68. The van der Waals surface area contributed by atoms with E-state index in [0.717, 1.165) is 12.1 Å². The van der Waals surface area contributed by atoms with E-state index in [1.807, 2.05) is 0 Å². The van der Waals surface area contributed by atoms with Gasteiger partial charge in [-0.15, -0.1) is 0 Å². The van der Waals surface area contributed by atoms with Crippen molar-refractivity contribution >= 4 is 21.5 Å². The molecule has 0 radical (unpaired) electrons. The molecular formula is C10H11FN4O2S. The number of anilines is 2. The van der Waals surface area contributed by atoms with Gasteiger partial charge in [-0.25, -0.2) is 12.8 Å². The van der Waals surface area contributed by atoms with Gasteiger partial charge in [0.1, 0.15) is 11.6 Å². The van der Waals surface area contributed by atoms with Gasteiger partial charge in [-0.3, -0.25) is 9.82 Å². The zero-order chi connectivity index (χ0) is 13.3. The van der Waals surface area contributed by atoms with E-state index in [9.17, 15) is 12.8 Å². The highest BCUT2D eigenvalue weighted by atomic mass is 32.2. The average Bonchev–Trinajstić information content (AvgIpc) is 2.62. The van der Waals surface area contributed by atoms with Crippen LogP contribution in [0.3, 0.4) is 0 Å². The van der Waals surface area contributed by atoms with Gasteiger partial charge in [-0.1, -0.05) is 0 Å². The molecule has 0 atom stereocenters. The standard InChI is InChI=1S/C10H11FN4O2S/c1-6-5-13-14-10(6)15-18(16,17)9-3-7(11)2-8(12)4-9/h2-5H,12H2,1H3,(H2,13,14,15). The zero-order valence-corrected chi connectivity index (χ0v) is 10.3. The molecule has 0 aliphatic carbocycles. The van der Waals surface area contributed by atoms with E-state index in [2.05, 4.69) is 14.9 Å². The minimum absolute atomic E-state index is 0.0386. The molecule has 8 heteroatoms. The fourth-order valence-electron chi connectivity index (χ4n) is 1.38. The van der Waals surface area contributed by atoms with E-state index >= 15 is 0 Å². The van der Waals surface area contributed by atoms with Gasteiger partial charge >= 0.3 is 0 Å². The van der Waals surface area contributed by atoms with Gasteiger partial charge in [-0.05, 0) is 25.1 Å². The summed E-state index contributed by atoms with van der Waals surface area (Å²) in [5, 5.41) is 6.18. The van der Waals surface area contributed by atoms with Gasteiger partial charge in [-0.2, -0.15) is 5.10 Å². The smallest absolute Gasteiger partial charge is 0.263 e. The van der Waals surface area contributed by atoms with Gasteiger partial charge in [0.15, 0.2) is 0 Å². The Labute approximate surface area is 103 Å². The lowest BCUT2D eigenvalue weighted by atomic mass is 10.3. The number of H-pyrrole nitrogens is 1. The summed E-state index contributed by atoms with van der Waals surface area (Å²) in [6.07, 6.45) is 1.47. The van der Waals surface area contributed by atoms with Crippen LogP contribution in [0.25, 0.3) is 0 Å². The first kappa shape index (κ1) is 12.4. The van der Waals surface area contributed by atoms with Crippen LogP contribution in [0.5, 0.6) is 0 Å². The number of aromatic nitrogens is 2. The van der Waals surface area contributed by atoms with Crippen LogP contribution in [0.15, 0.2) is 29.3 Å². The largest absolute Gasteiger partial charge is 0.399 e. The second-order valence-corrected chi connectivity index (χ2v) is 5.44. The predicted molar refractivity (Wildman–Crippen MR) is 64.9 cm³/mol. The van der Waals surface area contributed by atoms with Crippen molar-refractivity contribution < 1.29 is 12.8 Å². The normalized spacial score (nSPS) is 11.4. The van der Waals surface area contributed by atoms with Crippen molar-refractivity contribution in [2.24, 2.45) is 0 Å². The van der Waals surface area contributed by atoms with Crippen LogP contribution in [0.4, 0.5) is 15.9 Å². The van der Waals surface area contributed by atoms with Gasteiger partial charge in [0.25, 0.3) is 10.0 Å². The number of aromatic amines is 1. The predicted octanol–water partition coefficient (Wildman–Crippen LogP) is 1.24. The molecule has 96 valence electrons. The summed E-state index contributed by atoms with van der Waals surface area (Å²) in [7, 11) is -3.89. The summed E-state index contributed by atoms with van der Waals surface area (Å²) >= 11 is 0. The summed E-state index contributed by atoms with van der Waals surface area (Å²) in [5.74, 6) is -0.477. The van der Waals surface area contributed by atoms with Crippen molar-refractivity contribution in [3.63, 3.8) is 0 Å². The van der Waals surface area contributed by atoms with E-state index in [1.54, 1.807) is 6.92 Å². The SMILES string of the molecule is Cc1cn[nH]c1NS(=O)(=O)c1cc(N)cc(F)c1. The van der Waals surface area contributed by atoms with E-state index in [4.69, 9.17) is 5.73 Å². The van der Waals surface area contributed by atoms with Crippen molar-refractivity contribution in [1.29, 1.82) is 0 Å². The minimum atomic E-state index is -3.89. The van der Waals surface area contributed by atoms with Gasteiger partial charge in [0, 0.05) is 11.3 Å². The van der Waals surface area contributed by atoms with Crippen molar-refractivity contribution in [3.8, 4) is 0 Å². The van der Waals surface area contributed by atoms with Crippen molar-refractivity contribution in [2.75, 3.05) is 10.5 Å². The van der Waals surface area contributed by atoms with E-state index in [1.165, 1.54) is 12.3 Å². The molecule has 1 heterocycles. The monoisotopic (exact) mass is 270 g/mol. The Hall–Kier alpha value is -2.09. The molecule has 0 saturated carbocycles. The fourth-order valence-corrected chi connectivity index (χ4v) is 2.53. The molecule has 2 rings (SSSR count). The van der Waals surface area contributed by atoms with E-state index in [-0.39, 0.29) is 16.4 Å². The summed E-state index contributed by atoms with van der Waals surface area (Å²) < 4.78 is 39.3. The maximum absolute atomic E-state index is 13.1. The highest BCUT2D eigenvalue weighted by Crippen LogP contribution is 2.19. The Kier molecular flexibility index (Phi) is 2.95. The molecule has 0 fully saturated rings. The van der Waals surface area contributed by atoms with Crippen LogP contribution in [-0.4, -0.2) is 18.6 Å². The lowest BCUT2D eigenvalue weighted by molar-refractivity contribution is 0.595. The highest BCUT2D eigenvalue weighted by molar-refractivity contribution is 7.92. The lowest BCUT2D eigenvalue weighted by Gasteiger charge is -2.07. The van der Waals surface area contributed by atoms with Gasteiger partial charge in [0.2, 0.25) is 0 Å². The first-order valence-corrected chi connectivity index (χ1v) is 6.45. The first-order valence-electron chi connectivity index (χ1n) is 4.97. The third-order valence-corrected chi connectivity index (χ3v) is 3.60. The summed E-state index contributed by atoms with van der Waals surface area (Å²) in [5.41, 5.74) is 6.07. The maximum atomic E-state index is 13.1. The van der Waals surface area contributed by atoms with Crippen LogP contribution >= 0.6 is 0 Å². The van der Waals surface area contributed by atoms with Crippen molar-refractivity contribution in [1.82, 2.24) is 10.2 Å². The number of hydrogen-bond donors (Lipinski definition) is 3. The van der Waals surface area contributed by atoms with E-state index < -0.39 is 15.8 Å². The molecule has 0 aliphatic heterocycles. The van der Waals surface area contributed by atoms with Crippen molar-refractivity contribution in [2.45, 2.75) is 11.8 Å². The lowest BCUT2D eigenvalue weighted by Crippen LogP contribution is -2.14. The molecule has 1 aromatic carbocycles. The Morgan fingerprint density at radius 3 is 2.67 bits per heavy atom. The molecule has 0 saturated heterocycles. The Morgan fingerprint density at radius 2 is 2.11 bits per heavy atom. The van der Waals surface area contributed by atoms with Crippen molar-refractivity contribution in [3.05, 3.63) is 35.8 Å². The minimum Gasteiger partial charge on any atom is -0.399 e. The number of rotatable bonds is 3. The van der Waals surface area contributed by atoms with Crippen LogP contribution in [-0.2, 0) is 10.0 Å². The summed E-state index contributed by atoms with van der Waals surface area (Å²) in [4.78, 5) is -0.242. The van der Waals surface area contributed by atoms with Gasteiger partial charge in [0.05, 0.1) is 11.1 Å². The Balaban J connectivity index is 2.40. The number of sulfonamides is 1. The molecule has 18 heavy (non-hydrogen) atoms. The maximum Gasteiger partial charge on any atom is 0.263 e. The van der Waals surface area contributed by atoms with Crippen LogP contribution < -0.4 is 10.5 Å². The molecule has 0 aliphatic rings. The van der Waals surface area contributed by atoms with Crippen LogP contribution in [0, 0.1) is 12.7 Å².